The van der Waals surface area contributed by atoms with Crippen LogP contribution in [0.5, 0.6) is 0 Å². The van der Waals surface area contributed by atoms with Gasteiger partial charge in [0.2, 0.25) is 12.4 Å². The molecule has 3 aromatic rings. The Hall–Kier alpha value is -2.49. The number of nitrogens with zero attached hydrogens (tertiary/aromatic N) is 2. The Balaban J connectivity index is 1.91. The summed E-state index contributed by atoms with van der Waals surface area (Å²) in [5, 5.41) is 1.16. The third kappa shape index (κ3) is 1.58. The zero-order valence-electron chi connectivity index (χ0n) is 10.6. The molecule has 2 nitrogen and oxygen atoms in total. The van der Waals surface area contributed by atoms with E-state index in [9.17, 15) is 8.78 Å². The second kappa shape index (κ2) is 4.00. The van der Waals surface area contributed by atoms with E-state index in [4.69, 9.17) is 0 Å². The van der Waals surface area contributed by atoms with Crippen molar-refractivity contribution in [2.45, 2.75) is 6.67 Å². The molecule has 1 aliphatic rings. The molecule has 0 N–H and O–H groups in total. The van der Waals surface area contributed by atoms with Crippen LogP contribution in [0.1, 0.15) is 5.56 Å². The molecule has 1 aliphatic heterocycles. The van der Waals surface area contributed by atoms with Crippen molar-refractivity contribution < 1.29 is 13.4 Å². The number of para-hydroxylation sites is 1. The lowest BCUT2D eigenvalue weighted by Crippen LogP contribution is -2.19. The summed E-state index contributed by atoms with van der Waals surface area (Å²) in [6.07, 6.45) is 3.88. The number of benzene rings is 2. The van der Waals surface area contributed by atoms with Gasteiger partial charge >= 0.3 is 0 Å². The van der Waals surface area contributed by atoms with Gasteiger partial charge in [-0.3, -0.25) is 4.57 Å². The topological polar surface area (TPSA) is 7.94 Å². The summed E-state index contributed by atoms with van der Waals surface area (Å²) in [5.41, 5.74) is 2.55. The molecule has 98 valence electrons. The Kier molecular flexibility index (Phi) is 2.27. The summed E-state index contributed by atoms with van der Waals surface area (Å²) in [6, 6.07) is 11.7. The zero-order valence-corrected chi connectivity index (χ0v) is 10.6. The minimum absolute atomic E-state index is 0.378. The number of halogens is 2. The normalized spacial score (nSPS) is 13.6. The highest BCUT2D eigenvalue weighted by Crippen LogP contribution is 2.26. The van der Waals surface area contributed by atoms with Crippen LogP contribution in [0, 0.1) is 11.6 Å². The Labute approximate surface area is 114 Å². The molecular formula is C16H11F2N2+. The predicted molar refractivity (Wildman–Crippen MR) is 73.4 cm³/mol. The molecular weight excluding hydrogens is 258 g/mol. The molecule has 20 heavy (non-hydrogen) atoms. The van der Waals surface area contributed by atoms with Crippen molar-refractivity contribution in [3.05, 3.63) is 65.9 Å². The van der Waals surface area contributed by atoms with Crippen LogP contribution in [0.25, 0.3) is 10.9 Å². The molecule has 0 bridgehead atoms. The van der Waals surface area contributed by atoms with Gasteiger partial charge in [0, 0.05) is 23.7 Å². The van der Waals surface area contributed by atoms with Crippen LogP contribution in [-0.4, -0.2) is 15.4 Å². The lowest BCUT2D eigenvalue weighted by Gasteiger charge is -2.12. The van der Waals surface area contributed by atoms with Gasteiger partial charge in [-0.25, -0.2) is 4.39 Å². The second-order valence-corrected chi connectivity index (χ2v) is 4.91. The first-order valence-corrected chi connectivity index (χ1v) is 6.37. The van der Waals surface area contributed by atoms with E-state index in [1.165, 1.54) is 12.1 Å². The average Bonchev–Trinajstić information content (AvgIpc) is 2.84. The first-order chi connectivity index (χ1) is 9.72. The summed E-state index contributed by atoms with van der Waals surface area (Å²) >= 11 is 0. The van der Waals surface area contributed by atoms with Crippen molar-refractivity contribution in [1.82, 2.24) is 4.57 Å². The molecule has 2 aromatic carbocycles. The number of hydrogen-bond donors (Lipinski definition) is 0. The lowest BCUT2D eigenvalue weighted by atomic mass is 10.1. The van der Waals surface area contributed by atoms with Gasteiger partial charge in [-0.2, -0.15) is 8.97 Å². The monoisotopic (exact) mass is 269 g/mol. The third-order valence-corrected chi connectivity index (χ3v) is 3.64. The molecule has 0 atom stereocenters. The van der Waals surface area contributed by atoms with Crippen molar-refractivity contribution in [2.24, 2.45) is 0 Å². The summed E-state index contributed by atoms with van der Waals surface area (Å²) in [4.78, 5) is 0. The van der Waals surface area contributed by atoms with Gasteiger partial charge in [-0.1, -0.05) is 12.1 Å². The molecule has 0 radical (unpaired) electrons. The maximum atomic E-state index is 13.9. The van der Waals surface area contributed by atoms with Crippen molar-refractivity contribution in [1.29, 1.82) is 0 Å². The van der Waals surface area contributed by atoms with Gasteiger partial charge in [0.15, 0.2) is 12.0 Å². The van der Waals surface area contributed by atoms with E-state index >= 15 is 0 Å². The molecule has 0 saturated carbocycles. The maximum Gasteiger partial charge on any atom is 0.243 e. The highest BCUT2D eigenvalue weighted by Gasteiger charge is 2.22. The van der Waals surface area contributed by atoms with Crippen LogP contribution < -0.4 is 0 Å². The Morgan fingerprint density at radius 1 is 1.05 bits per heavy atom. The second-order valence-electron chi connectivity index (χ2n) is 4.91. The minimum atomic E-state index is -0.563. The van der Waals surface area contributed by atoms with Crippen LogP contribution in [-0.2, 0) is 6.67 Å². The largest absolute Gasteiger partial charge is 0.291 e. The fraction of sp³-hybridized carbons (Fsp3) is 0.0625. The molecule has 4 rings (SSSR count). The van der Waals surface area contributed by atoms with Crippen LogP contribution in [0.3, 0.4) is 0 Å². The Bertz CT molecular complexity index is 862. The van der Waals surface area contributed by atoms with Crippen molar-refractivity contribution >= 4 is 22.8 Å². The van der Waals surface area contributed by atoms with Gasteiger partial charge in [0.1, 0.15) is 5.82 Å². The first-order valence-electron chi connectivity index (χ1n) is 6.37. The Morgan fingerprint density at radius 2 is 1.95 bits per heavy atom. The molecule has 0 saturated heterocycles. The van der Waals surface area contributed by atoms with Crippen molar-refractivity contribution in [3.63, 3.8) is 0 Å². The molecule has 0 aliphatic carbocycles. The van der Waals surface area contributed by atoms with Crippen molar-refractivity contribution in [3.8, 4) is 0 Å². The number of aromatic nitrogens is 1. The number of rotatable bonds is 1. The highest BCUT2D eigenvalue weighted by atomic mass is 19.1. The summed E-state index contributed by atoms with van der Waals surface area (Å²) in [5.74, 6) is -1.11. The van der Waals surface area contributed by atoms with Gasteiger partial charge in [0.25, 0.3) is 0 Å². The zero-order chi connectivity index (χ0) is 13.7. The van der Waals surface area contributed by atoms with Gasteiger partial charge < -0.3 is 0 Å². The third-order valence-electron chi connectivity index (χ3n) is 3.64. The van der Waals surface area contributed by atoms with E-state index < -0.39 is 11.6 Å². The van der Waals surface area contributed by atoms with Crippen LogP contribution in [0.4, 0.5) is 14.5 Å². The molecule has 1 aromatic heterocycles. The molecule has 0 spiro atoms. The smallest absolute Gasteiger partial charge is 0.243 e. The average molecular weight is 269 g/mol. The van der Waals surface area contributed by atoms with Crippen LogP contribution in [0.2, 0.25) is 0 Å². The van der Waals surface area contributed by atoms with Gasteiger partial charge in [0.05, 0.1) is 11.1 Å². The summed E-state index contributed by atoms with van der Waals surface area (Å²) in [6.45, 7) is 0.517. The molecule has 2 heterocycles. The quantitative estimate of drug-likeness (QED) is 0.596. The standard InChI is InChI=1S/C16H11F2N2/c17-13-4-5-15(14(18)8-13)20-9-12-3-1-2-11-6-7-19(10-20)16(11)12/h1-9H,10H2/q+1. The highest BCUT2D eigenvalue weighted by molar-refractivity contribution is 5.97. The first kappa shape index (κ1) is 11.3. The van der Waals surface area contributed by atoms with E-state index in [1.807, 2.05) is 30.6 Å². The molecule has 0 amide bonds. The fourth-order valence-corrected chi connectivity index (χ4v) is 2.75. The van der Waals surface area contributed by atoms with Crippen molar-refractivity contribution in [2.75, 3.05) is 0 Å². The van der Waals surface area contributed by atoms with Gasteiger partial charge in [-0.05, 0) is 18.2 Å². The number of hydrogen-bond acceptors (Lipinski definition) is 0. The summed E-state index contributed by atoms with van der Waals surface area (Å²) in [7, 11) is 0. The van der Waals surface area contributed by atoms with E-state index in [-0.39, 0.29) is 0 Å². The van der Waals surface area contributed by atoms with E-state index in [1.54, 1.807) is 4.58 Å². The van der Waals surface area contributed by atoms with E-state index in [0.717, 1.165) is 22.5 Å². The van der Waals surface area contributed by atoms with Crippen LogP contribution >= 0.6 is 0 Å². The molecule has 4 heteroatoms. The van der Waals surface area contributed by atoms with E-state index in [2.05, 4.69) is 10.6 Å². The van der Waals surface area contributed by atoms with E-state index in [0.29, 0.717) is 12.4 Å². The maximum absolute atomic E-state index is 13.9. The Morgan fingerprint density at radius 3 is 2.80 bits per heavy atom. The molecule has 0 fully saturated rings. The fourth-order valence-electron chi connectivity index (χ4n) is 2.75. The molecule has 0 unspecified atom stereocenters. The SMILES string of the molecule is Fc1ccc([N+]2=Cc3cccc4ccn(c34)C2)c(F)c1. The summed E-state index contributed by atoms with van der Waals surface area (Å²) < 4.78 is 30.8. The predicted octanol–water partition coefficient (Wildman–Crippen LogP) is 3.65. The lowest BCUT2D eigenvalue weighted by molar-refractivity contribution is -0.473. The van der Waals surface area contributed by atoms with Crippen LogP contribution in [0.15, 0.2) is 48.7 Å². The van der Waals surface area contributed by atoms with Gasteiger partial charge in [-0.15, -0.1) is 0 Å². The minimum Gasteiger partial charge on any atom is -0.291 e.